The predicted molar refractivity (Wildman–Crippen MR) is 67.4 cm³/mol. The maximum absolute atomic E-state index is 10.6. The fourth-order valence-corrected chi connectivity index (χ4v) is 3.25. The first-order valence-corrected chi connectivity index (χ1v) is 6.75. The molecule has 2 fully saturated rings. The second kappa shape index (κ2) is 5.07. The molecular weight excluding hydrogens is 201 g/mol. The lowest BCUT2D eigenvalue weighted by Crippen LogP contribution is -2.48. The molecule has 1 spiro atoms. The van der Waals surface area contributed by atoms with Gasteiger partial charge in [0.25, 0.3) is 0 Å². The Balaban J connectivity index is 1.89. The Morgan fingerprint density at radius 1 is 1.25 bits per heavy atom. The molecule has 0 aromatic heterocycles. The number of rotatable bonds is 4. The Hall–Kier alpha value is -0.0551. The van der Waals surface area contributed by atoms with Gasteiger partial charge in [-0.05, 0) is 38.7 Å². The van der Waals surface area contributed by atoms with E-state index in [-0.39, 0.29) is 5.60 Å². The monoisotopic (exact) mass is 225 g/mol. The Morgan fingerprint density at radius 3 is 2.69 bits per heavy atom. The van der Waals surface area contributed by atoms with Gasteiger partial charge < -0.3 is 15.2 Å². The highest BCUT2D eigenvalue weighted by atomic mass is 16.5. The maximum atomic E-state index is 10.6. The van der Waals surface area contributed by atoms with Crippen molar-refractivity contribution in [3.05, 3.63) is 0 Å². The molecule has 0 aromatic rings. The van der Waals surface area contributed by atoms with Crippen LogP contribution in [0, 0.1) is 0 Å². The number of aliphatic hydroxyl groups is 1. The quantitative estimate of drug-likeness (QED) is 0.538. The minimum Gasteiger partial charge on any atom is -0.390 e. The topological polar surface area (TPSA) is 41.5 Å². The van der Waals surface area contributed by atoms with Gasteiger partial charge in [0.05, 0.1) is 17.8 Å². The van der Waals surface area contributed by atoms with Crippen LogP contribution in [0.1, 0.15) is 44.9 Å². The summed E-state index contributed by atoms with van der Waals surface area (Å²) in [6.07, 6.45) is 8.34. The molecule has 1 atom stereocenters. The SMILES string of the molecule is BCNCC[C@]1(O)CCOC2(CCCC2)C1. The average Bonchev–Trinajstić information content (AvgIpc) is 2.66. The Bertz CT molecular complexity index is 231. The Morgan fingerprint density at radius 2 is 2.00 bits per heavy atom. The summed E-state index contributed by atoms with van der Waals surface area (Å²) >= 11 is 0. The van der Waals surface area contributed by atoms with E-state index in [9.17, 15) is 5.11 Å². The third kappa shape index (κ3) is 2.79. The zero-order valence-corrected chi connectivity index (χ0v) is 10.4. The number of hydrogen-bond donors (Lipinski definition) is 2. The molecule has 1 saturated heterocycles. The molecule has 3 nitrogen and oxygen atoms in total. The molecule has 1 aliphatic carbocycles. The normalized spacial score (nSPS) is 33.3. The molecule has 0 unspecified atom stereocenters. The second-order valence-electron chi connectivity index (χ2n) is 5.49. The van der Waals surface area contributed by atoms with E-state index in [4.69, 9.17) is 4.74 Å². The van der Waals surface area contributed by atoms with Gasteiger partial charge in [-0.15, -0.1) is 0 Å². The summed E-state index contributed by atoms with van der Waals surface area (Å²) in [5.74, 6) is 0. The van der Waals surface area contributed by atoms with E-state index in [2.05, 4.69) is 13.2 Å². The predicted octanol–water partition coefficient (Wildman–Crippen LogP) is 0.411. The van der Waals surface area contributed by atoms with E-state index in [1.165, 1.54) is 12.8 Å². The van der Waals surface area contributed by atoms with Gasteiger partial charge in [0.1, 0.15) is 7.85 Å². The maximum Gasteiger partial charge on any atom is 0.119 e. The lowest BCUT2D eigenvalue weighted by molar-refractivity contribution is -0.159. The van der Waals surface area contributed by atoms with Gasteiger partial charge >= 0.3 is 0 Å². The molecule has 1 aliphatic heterocycles. The van der Waals surface area contributed by atoms with E-state index < -0.39 is 5.60 Å². The molecule has 0 amide bonds. The van der Waals surface area contributed by atoms with Crippen LogP contribution in [0.2, 0.25) is 0 Å². The molecule has 1 heterocycles. The van der Waals surface area contributed by atoms with Crippen molar-refractivity contribution in [2.45, 2.75) is 56.1 Å². The smallest absolute Gasteiger partial charge is 0.119 e. The zero-order valence-electron chi connectivity index (χ0n) is 10.4. The molecule has 1 saturated carbocycles. The standard InChI is InChI=1S/C12H24BNO2/c13-10-14-7-5-11(15)6-8-16-12(9-11)3-1-2-4-12/h14-15H,1-10,13H2/t11-/m0/s1. The lowest BCUT2D eigenvalue weighted by atomic mass is 9.79. The van der Waals surface area contributed by atoms with Crippen LogP contribution in [-0.2, 0) is 4.74 Å². The van der Waals surface area contributed by atoms with Crippen molar-refractivity contribution >= 4 is 7.85 Å². The van der Waals surface area contributed by atoms with Crippen LogP contribution in [0.15, 0.2) is 0 Å². The Kier molecular flexibility index (Phi) is 3.93. The van der Waals surface area contributed by atoms with Crippen LogP contribution >= 0.6 is 0 Å². The molecule has 2 N–H and O–H groups in total. The van der Waals surface area contributed by atoms with E-state index in [0.717, 1.165) is 51.7 Å². The van der Waals surface area contributed by atoms with Crippen molar-refractivity contribution in [2.24, 2.45) is 0 Å². The molecule has 0 radical (unpaired) electrons. The fourth-order valence-electron chi connectivity index (χ4n) is 3.25. The van der Waals surface area contributed by atoms with E-state index >= 15 is 0 Å². The first-order valence-electron chi connectivity index (χ1n) is 6.75. The summed E-state index contributed by atoms with van der Waals surface area (Å²) < 4.78 is 5.95. The highest BCUT2D eigenvalue weighted by Crippen LogP contribution is 2.44. The molecular formula is C12H24BNO2. The first kappa shape index (κ1) is 12.4. The molecule has 92 valence electrons. The average molecular weight is 225 g/mol. The van der Waals surface area contributed by atoms with Gasteiger partial charge in [0, 0.05) is 6.42 Å². The van der Waals surface area contributed by atoms with Gasteiger partial charge in [-0.25, -0.2) is 0 Å². The van der Waals surface area contributed by atoms with Crippen LogP contribution < -0.4 is 5.32 Å². The molecule has 2 aliphatic rings. The molecule has 16 heavy (non-hydrogen) atoms. The first-order chi connectivity index (χ1) is 7.68. The lowest BCUT2D eigenvalue weighted by Gasteiger charge is -2.43. The van der Waals surface area contributed by atoms with Crippen LogP contribution in [0.25, 0.3) is 0 Å². The summed E-state index contributed by atoms with van der Waals surface area (Å²) in [5.41, 5.74) is -0.454. The molecule has 4 heteroatoms. The van der Waals surface area contributed by atoms with Gasteiger partial charge in [-0.3, -0.25) is 0 Å². The summed E-state index contributed by atoms with van der Waals surface area (Å²) in [7, 11) is 2.10. The van der Waals surface area contributed by atoms with Crippen molar-refractivity contribution < 1.29 is 9.84 Å². The molecule has 0 aromatic carbocycles. The van der Waals surface area contributed by atoms with Crippen LogP contribution in [0.5, 0.6) is 0 Å². The summed E-state index contributed by atoms with van der Waals surface area (Å²) in [6.45, 7) is 1.66. The number of hydrogen-bond acceptors (Lipinski definition) is 3. The van der Waals surface area contributed by atoms with Crippen LogP contribution in [0.3, 0.4) is 0 Å². The van der Waals surface area contributed by atoms with Crippen molar-refractivity contribution in [3.63, 3.8) is 0 Å². The largest absolute Gasteiger partial charge is 0.390 e. The third-order valence-corrected chi connectivity index (χ3v) is 4.16. The fraction of sp³-hybridized carbons (Fsp3) is 1.00. The highest BCUT2D eigenvalue weighted by molar-refractivity contribution is 6.08. The van der Waals surface area contributed by atoms with Gasteiger partial charge in [-0.2, -0.15) is 0 Å². The number of nitrogens with one attached hydrogen (secondary N) is 1. The van der Waals surface area contributed by atoms with Crippen molar-refractivity contribution in [2.75, 3.05) is 19.6 Å². The molecule has 2 rings (SSSR count). The van der Waals surface area contributed by atoms with Crippen molar-refractivity contribution in [1.82, 2.24) is 5.32 Å². The third-order valence-electron chi connectivity index (χ3n) is 4.16. The minimum atomic E-state index is -0.481. The number of ether oxygens (including phenoxy) is 1. The minimum absolute atomic E-state index is 0.0270. The van der Waals surface area contributed by atoms with Crippen LogP contribution in [-0.4, -0.2) is 43.8 Å². The Labute approximate surface area is 99.4 Å². The summed E-state index contributed by atoms with van der Waals surface area (Å²) in [5, 5.41) is 13.9. The second-order valence-corrected chi connectivity index (χ2v) is 5.49. The van der Waals surface area contributed by atoms with Crippen LogP contribution in [0.4, 0.5) is 0 Å². The van der Waals surface area contributed by atoms with Gasteiger partial charge in [-0.1, -0.05) is 12.8 Å². The van der Waals surface area contributed by atoms with Gasteiger partial charge in [0.2, 0.25) is 0 Å². The zero-order chi connectivity index (χ0) is 11.5. The van der Waals surface area contributed by atoms with Crippen molar-refractivity contribution in [1.29, 1.82) is 0 Å². The van der Waals surface area contributed by atoms with E-state index in [1.54, 1.807) is 0 Å². The highest BCUT2D eigenvalue weighted by Gasteiger charge is 2.45. The van der Waals surface area contributed by atoms with E-state index in [0.29, 0.717) is 0 Å². The van der Waals surface area contributed by atoms with E-state index in [1.807, 2.05) is 0 Å². The van der Waals surface area contributed by atoms with Crippen molar-refractivity contribution in [3.8, 4) is 0 Å². The summed E-state index contributed by atoms with van der Waals surface area (Å²) in [4.78, 5) is 0. The van der Waals surface area contributed by atoms with Gasteiger partial charge in [0.15, 0.2) is 0 Å². The molecule has 0 bridgehead atoms. The summed E-state index contributed by atoms with van der Waals surface area (Å²) in [6, 6.07) is 0.